The van der Waals surface area contributed by atoms with Gasteiger partial charge in [-0.3, -0.25) is 10.1 Å². The summed E-state index contributed by atoms with van der Waals surface area (Å²) in [7, 11) is 0. The van der Waals surface area contributed by atoms with Crippen LogP contribution in [0.4, 0.5) is 11.4 Å². The summed E-state index contributed by atoms with van der Waals surface area (Å²) in [5.41, 5.74) is -0.153. The van der Waals surface area contributed by atoms with Crippen molar-refractivity contribution < 1.29 is 19.6 Å². The van der Waals surface area contributed by atoms with E-state index in [1.165, 1.54) is 18.2 Å². The summed E-state index contributed by atoms with van der Waals surface area (Å²) >= 11 is 0. The molecule has 0 aromatic heterocycles. The van der Waals surface area contributed by atoms with E-state index in [-0.39, 0.29) is 11.3 Å². The van der Waals surface area contributed by atoms with Gasteiger partial charge < -0.3 is 14.7 Å². The lowest BCUT2D eigenvalue weighted by atomic mass is 10.1. The third-order valence-electron chi connectivity index (χ3n) is 3.19. The first-order chi connectivity index (χ1) is 9.30. The summed E-state index contributed by atoms with van der Waals surface area (Å²) in [6, 6.07) is 3.83. The molecule has 0 bridgehead atoms. The second kappa shape index (κ2) is 5.09. The van der Waals surface area contributed by atoms with E-state index in [9.17, 15) is 14.9 Å². The topological polar surface area (TPSA) is 92.9 Å². The van der Waals surface area contributed by atoms with Gasteiger partial charge in [0.15, 0.2) is 0 Å². The number of anilines is 1. The number of nitrogens with zero attached hydrogens (tertiary/aromatic N) is 2. The normalized spacial score (nSPS) is 17.8. The predicted molar refractivity (Wildman–Crippen MR) is 72.3 cm³/mol. The second-order valence-corrected chi connectivity index (χ2v) is 5.30. The summed E-state index contributed by atoms with van der Waals surface area (Å²) in [4.78, 5) is 23.4. The number of aromatic carboxylic acids is 1. The number of rotatable bonds is 3. The van der Waals surface area contributed by atoms with Crippen molar-refractivity contribution >= 4 is 17.3 Å². The zero-order chi connectivity index (χ0) is 14.9. The van der Waals surface area contributed by atoms with Gasteiger partial charge in [-0.05, 0) is 26.0 Å². The van der Waals surface area contributed by atoms with E-state index in [2.05, 4.69) is 0 Å². The largest absolute Gasteiger partial charge is 0.478 e. The van der Waals surface area contributed by atoms with Gasteiger partial charge in [0.2, 0.25) is 0 Å². The number of nitro groups is 1. The summed E-state index contributed by atoms with van der Waals surface area (Å²) in [6.07, 6.45) is 0. The number of morpholine rings is 1. The van der Waals surface area contributed by atoms with E-state index >= 15 is 0 Å². The SMILES string of the molecule is CC1(C)CN(c2cc(C(=O)O)ccc2[N+](=O)[O-])CCO1. The second-order valence-electron chi connectivity index (χ2n) is 5.30. The van der Waals surface area contributed by atoms with Crippen LogP contribution in [0.15, 0.2) is 18.2 Å². The Kier molecular flexibility index (Phi) is 3.63. The van der Waals surface area contributed by atoms with Gasteiger partial charge >= 0.3 is 5.97 Å². The summed E-state index contributed by atoms with van der Waals surface area (Å²) in [5, 5.41) is 20.1. The molecule has 20 heavy (non-hydrogen) atoms. The highest BCUT2D eigenvalue weighted by Gasteiger charge is 2.31. The van der Waals surface area contributed by atoms with Crippen LogP contribution in [-0.4, -0.2) is 41.3 Å². The number of benzene rings is 1. The van der Waals surface area contributed by atoms with Gasteiger partial charge in [-0.25, -0.2) is 4.79 Å². The fourth-order valence-electron chi connectivity index (χ4n) is 2.29. The van der Waals surface area contributed by atoms with Crippen molar-refractivity contribution in [3.8, 4) is 0 Å². The van der Waals surface area contributed by atoms with Gasteiger partial charge in [-0.15, -0.1) is 0 Å². The molecule has 1 aliphatic heterocycles. The van der Waals surface area contributed by atoms with Crippen molar-refractivity contribution in [2.24, 2.45) is 0 Å². The Balaban J connectivity index is 2.44. The molecule has 1 fully saturated rings. The average Bonchev–Trinajstić information content (AvgIpc) is 2.36. The first-order valence-corrected chi connectivity index (χ1v) is 6.21. The molecule has 0 aliphatic carbocycles. The average molecular weight is 280 g/mol. The number of hydrogen-bond donors (Lipinski definition) is 1. The van der Waals surface area contributed by atoms with Crippen molar-refractivity contribution in [2.45, 2.75) is 19.4 Å². The summed E-state index contributed by atoms with van der Waals surface area (Å²) in [5.74, 6) is -1.10. The van der Waals surface area contributed by atoms with E-state index in [1.807, 2.05) is 13.8 Å². The van der Waals surface area contributed by atoms with E-state index in [4.69, 9.17) is 9.84 Å². The van der Waals surface area contributed by atoms with E-state index < -0.39 is 16.5 Å². The minimum atomic E-state index is -1.10. The molecule has 7 nitrogen and oxygen atoms in total. The van der Waals surface area contributed by atoms with Crippen molar-refractivity contribution in [3.63, 3.8) is 0 Å². The Bertz CT molecular complexity index is 556. The number of carbonyl (C=O) groups is 1. The van der Waals surface area contributed by atoms with Crippen molar-refractivity contribution in [1.29, 1.82) is 0 Å². The quantitative estimate of drug-likeness (QED) is 0.671. The van der Waals surface area contributed by atoms with Crippen LogP contribution in [0.2, 0.25) is 0 Å². The van der Waals surface area contributed by atoms with Crippen molar-refractivity contribution in [1.82, 2.24) is 0 Å². The smallest absolute Gasteiger partial charge is 0.335 e. The molecule has 1 aliphatic rings. The Morgan fingerprint density at radius 3 is 2.75 bits per heavy atom. The minimum Gasteiger partial charge on any atom is -0.478 e. The standard InChI is InChI=1S/C13H16N2O5/c1-13(2)8-14(5-6-20-13)11-7-9(12(16)17)3-4-10(11)15(18)19/h3-4,7H,5-6,8H2,1-2H3,(H,16,17). The molecular weight excluding hydrogens is 264 g/mol. The van der Waals surface area contributed by atoms with Crippen molar-refractivity contribution in [2.75, 3.05) is 24.6 Å². The Hall–Kier alpha value is -2.15. The fourth-order valence-corrected chi connectivity index (χ4v) is 2.29. The van der Waals surface area contributed by atoms with Crippen LogP contribution in [0.1, 0.15) is 24.2 Å². The van der Waals surface area contributed by atoms with Gasteiger partial charge in [0.1, 0.15) is 5.69 Å². The van der Waals surface area contributed by atoms with Crippen LogP contribution in [-0.2, 0) is 4.74 Å². The molecule has 0 amide bonds. The van der Waals surface area contributed by atoms with Gasteiger partial charge in [0.25, 0.3) is 5.69 Å². The molecule has 108 valence electrons. The van der Waals surface area contributed by atoms with Gasteiger partial charge in [-0.2, -0.15) is 0 Å². The molecule has 1 N–H and O–H groups in total. The number of carboxylic acid groups (broad SMARTS) is 1. The summed E-state index contributed by atoms with van der Waals surface area (Å²) in [6.45, 7) is 5.20. The minimum absolute atomic E-state index is 0.0369. The van der Waals surface area contributed by atoms with Gasteiger partial charge in [-0.1, -0.05) is 0 Å². The molecule has 0 radical (unpaired) electrons. The maximum Gasteiger partial charge on any atom is 0.335 e. The predicted octanol–water partition coefficient (Wildman–Crippen LogP) is 1.91. The lowest BCUT2D eigenvalue weighted by Gasteiger charge is -2.39. The fraction of sp³-hybridized carbons (Fsp3) is 0.462. The molecule has 7 heteroatoms. The van der Waals surface area contributed by atoms with Crippen LogP contribution in [0, 0.1) is 10.1 Å². The lowest BCUT2D eigenvalue weighted by Crippen LogP contribution is -2.48. The lowest BCUT2D eigenvalue weighted by molar-refractivity contribution is -0.384. The molecule has 1 aromatic rings. The highest BCUT2D eigenvalue weighted by atomic mass is 16.6. The van der Waals surface area contributed by atoms with Crippen LogP contribution >= 0.6 is 0 Å². The van der Waals surface area contributed by atoms with Crippen LogP contribution < -0.4 is 4.90 Å². The number of ether oxygens (including phenoxy) is 1. The van der Waals surface area contributed by atoms with Gasteiger partial charge in [0.05, 0.1) is 22.7 Å². The third-order valence-corrected chi connectivity index (χ3v) is 3.19. The number of hydrogen-bond acceptors (Lipinski definition) is 5. The monoisotopic (exact) mass is 280 g/mol. The molecule has 1 saturated heterocycles. The Morgan fingerprint density at radius 2 is 2.20 bits per heavy atom. The molecule has 0 unspecified atom stereocenters. The number of carboxylic acids is 1. The molecular formula is C13H16N2O5. The molecule has 2 rings (SSSR count). The zero-order valence-corrected chi connectivity index (χ0v) is 11.3. The maximum atomic E-state index is 11.1. The zero-order valence-electron chi connectivity index (χ0n) is 11.3. The third kappa shape index (κ3) is 2.88. The molecule has 1 heterocycles. The van der Waals surface area contributed by atoms with E-state index in [0.29, 0.717) is 25.4 Å². The van der Waals surface area contributed by atoms with Crippen LogP contribution in [0.3, 0.4) is 0 Å². The maximum absolute atomic E-state index is 11.1. The molecule has 0 atom stereocenters. The number of nitro benzene ring substituents is 1. The highest BCUT2D eigenvalue weighted by Crippen LogP contribution is 2.32. The molecule has 1 aromatic carbocycles. The molecule has 0 saturated carbocycles. The first kappa shape index (κ1) is 14.3. The molecule has 0 spiro atoms. The first-order valence-electron chi connectivity index (χ1n) is 6.21. The van der Waals surface area contributed by atoms with Crippen LogP contribution in [0.25, 0.3) is 0 Å². The highest BCUT2D eigenvalue weighted by molar-refractivity contribution is 5.90. The van der Waals surface area contributed by atoms with Crippen molar-refractivity contribution in [3.05, 3.63) is 33.9 Å². The van der Waals surface area contributed by atoms with Gasteiger partial charge in [0, 0.05) is 19.2 Å². The van der Waals surface area contributed by atoms with E-state index in [1.54, 1.807) is 4.90 Å². The Labute approximate surface area is 115 Å². The summed E-state index contributed by atoms with van der Waals surface area (Å²) < 4.78 is 5.57. The van der Waals surface area contributed by atoms with Crippen LogP contribution in [0.5, 0.6) is 0 Å². The Morgan fingerprint density at radius 1 is 1.50 bits per heavy atom. The van der Waals surface area contributed by atoms with E-state index in [0.717, 1.165) is 0 Å².